The van der Waals surface area contributed by atoms with Gasteiger partial charge in [-0.1, -0.05) is 72.0 Å². The van der Waals surface area contributed by atoms with Crippen LogP contribution in [0.15, 0.2) is 12.2 Å². The molecule has 39 heavy (non-hydrogen) atoms. The number of allylic oxidation sites excluding steroid dienone is 2. The molecule has 0 aromatic heterocycles. The Balaban J connectivity index is 1.97. The van der Waals surface area contributed by atoms with Gasteiger partial charge in [-0.3, -0.25) is 4.79 Å². The second-order valence-corrected chi connectivity index (χ2v) is 22.9. The largest absolute Gasteiger partial charge is 0.519 e. The standard InChI is InChI=1S/C35H66O2PSi/c1-5-9-10-11-12-16-23-31(35(36)37-39(6-2,7-3)8-4)30-38(32-24-17-13-18-25-32,33-26-19-14-20-27-33)34-28-21-15-22-29-34/h12,16,31-34H,5-11,13-15,17-30H2,1-4H3/q+1/b16-12+. The Morgan fingerprint density at radius 3 is 1.59 bits per heavy atom. The van der Waals surface area contributed by atoms with Crippen LogP contribution in [0.1, 0.15) is 156 Å². The van der Waals surface area contributed by atoms with Gasteiger partial charge in [0.25, 0.3) is 14.3 Å². The van der Waals surface area contributed by atoms with Gasteiger partial charge in [0.2, 0.25) is 0 Å². The van der Waals surface area contributed by atoms with Gasteiger partial charge in [-0.15, -0.1) is 0 Å². The molecule has 3 fully saturated rings. The fourth-order valence-corrected chi connectivity index (χ4v) is 19.1. The van der Waals surface area contributed by atoms with Gasteiger partial charge >= 0.3 is 0 Å². The van der Waals surface area contributed by atoms with Crippen molar-refractivity contribution in [2.75, 3.05) is 6.16 Å². The predicted molar refractivity (Wildman–Crippen MR) is 177 cm³/mol. The molecule has 3 saturated carbocycles. The molecule has 3 rings (SSSR count). The summed E-state index contributed by atoms with van der Waals surface area (Å²) in [6, 6.07) is 3.21. The summed E-state index contributed by atoms with van der Waals surface area (Å²) in [6.07, 6.45) is 33.8. The maximum Gasteiger partial charge on any atom is 0.299 e. The van der Waals surface area contributed by atoms with E-state index in [2.05, 4.69) is 39.8 Å². The molecule has 226 valence electrons. The van der Waals surface area contributed by atoms with Crippen molar-refractivity contribution in [3.63, 3.8) is 0 Å². The van der Waals surface area contributed by atoms with Crippen molar-refractivity contribution in [1.29, 1.82) is 0 Å². The molecule has 0 aromatic rings. The molecule has 0 amide bonds. The van der Waals surface area contributed by atoms with Crippen LogP contribution in [0.5, 0.6) is 0 Å². The summed E-state index contributed by atoms with van der Waals surface area (Å²) >= 11 is 0. The Labute approximate surface area is 245 Å². The molecule has 0 bridgehead atoms. The second-order valence-electron chi connectivity index (χ2n) is 13.6. The van der Waals surface area contributed by atoms with Gasteiger partial charge in [-0.05, 0) is 114 Å². The van der Waals surface area contributed by atoms with E-state index in [1.165, 1.54) is 128 Å². The average molecular weight is 578 g/mol. The highest BCUT2D eigenvalue weighted by Gasteiger charge is 2.58. The SMILES string of the molecule is CCCCC/C=C/CC(C[P+](C1CCCCC1)(C1CCCCC1)C1CCCCC1)C(=O)O[Si](CC)(CC)CC. The van der Waals surface area contributed by atoms with E-state index in [1.807, 2.05) is 0 Å². The van der Waals surface area contributed by atoms with Crippen LogP contribution in [0.4, 0.5) is 0 Å². The summed E-state index contributed by atoms with van der Waals surface area (Å²) < 4.78 is 6.74. The van der Waals surface area contributed by atoms with Gasteiger partial charge in [0.05, 0.1) is 29.1 Å². The van der Waals surface area contributed by atoms with Crippen LogP contribution >= 0.6 is 7.26 Å². The molecule has 0 radical (unpaired) electrons. The highest BCUT2D eigenvalue weighted by Crippen LogP contribution is 2.78. The lowest BCUT2D eigenvalue weighted by molar-refractivity contribution is -0.139. The summed E-state index contributed by atoms with van der Waals surface area (Å²) in [5.74, 6) is 0.320. The van der Waals surface area contributed by atoms with E-state index in [-0.39, 0.29) is 11.9 Å². The van der Waals surface area contributed by atoms with Crippen LogP contribution in [-0.4, -0.2) is 37.4 Å². The van der Waals surface area contributed by atoms with Gasteiger partial charge in [-0.2, -0.15) is 0 Å². The van der Waals surface area contributed by atoms with Crippen LogP contribution in [0.2, 0.25) is 18.1 Å². The van der Waals surface area contributed by atoms with Crippen molar-refractivity contribution >= 4 is 21.5 Å². The molecular weight excluding hydrogens is 511 g/mol. The zero-order chi connectivity index (χ0) is 28.0. The van der Waals surface area contributed by atoms with E-state index < -0.39 is 15.6 Å². The molecule has 0 N–H and O–H groups in total. The van der Waals surface area contributed by atoms with E-state index >= 15 is 0 Å². The van der Waals surface area contributed by atoms with E-state index in [0.29, 0.717) is 0 Å². The third kappa shape index (κ3) is 9.17. The summed E-state index contributed by atoms with van der Waals surface area (Å²) in [7, 11) is -3.27. The molecule has 4 heteroatoms. The van der Waals surface area contributed by atoms with Crippen LogP contribution in [0.3, 0.4) is 0 Å². The Bertz CT molecular complexity index is 646. The predicted octanol–water partition coefficient (Wildman–Crippen LogP) is 11.7. The first-order chi connectivity index (χ1) is 19.0. The lowest BCUT2D eigenvalue weighted by Crippen LogP contribution is -2.43. The van der Waals surface area contributed by atoms with Gasteiger partial charge in [0.15, 0.2) is 0 Å². The van der Waals surface area contributed by atoms with E-state index in [9.17, 15) is 4.79 Å². The van der Waals surface area contributed by atoms with E-state index in [0.717, 1.165) is 41.5 Å². The third-order valence-electron chi connectivity index (χ3n) is 11.4. The lowest BCUT2D eigenvalue weighted by atomic mass is 9.98. The first-order valence-corrected chi connectivity index (χ1v) is 22.5. The number of unbranched alkanes of at least 4 members (excludes halogenated alkanes) is 3. The molecule has 1 atom stereocenters. The maximum atomic E-state index is 14.3. The number of carbonyl (C=O) groups is 1. The van der Waals surface area contributed by atoms with Crippen LogP contribution in [0, 0.1) is 5.92 Å². The molecule has 1 unspecified atom stereocenters. The Hall–Kier alpha value is -0.143. The zero-order valence-electron chi connectivity index (χ0n) is 26.7. The molecule has 3 aliphatic rings. The number of hydrogen-bond acceptors (Lipinski definition) is 2. The molecule has 3 aliphatic carbocycles. The van der Waals surface area contributed by atoms with E-state index in [4.69, 9.17) is 4.43 Å². The quantitative estimate of drug-likeness (QED) is 0.0789. The average Bonchev–Trinajstić information content (AvgIpc) is 3.00. The second kappa shape index (κ2) is 17.7. The van der Waals surface area contributed by atoms with Gasteiger partial charge in [0, 0.05) is 7.26 Å². The summed E-state index contributed by atoms with van der Waals surface area (Å²) in [6.45, 7) is 9.11. The third-order valence-corrected chi connectivity index (χ3v) is 22.6. The van der Waals surface area contributed by atoms with Gasteiger partial charge in [0.1, 0.15) is 0 Å². The summed E-state index contributed by atoms with van der Waals surface area (Å²) in [4.78, 5) is 14.3. The number of rotatable bonds is 16. The minimum absolute atomic E-state index is 0.100. The molecule has 0 spiro atoms. The first-order valence-electron chi connectivity index (χ1n) is 17.8. The molecule has 0 heterocycles. The molecule has 2 nitrogen and oxygen atoms in total. The van der Waals surface area contributed by atoms with Crippen LogP contribution in [-0.2, 0) is 9.22 Å². The molecule has 0 saturated heterocycles. The highest BCUT2D eigenvalue weighted by molar-refractivity contribution is 7.78. The molecule has 0 aliphatic heterocycles. The van der Waals surface area contributed by atoms with Gasteiger partial charge in [-0.25, -0.2) is 0 Å². The van der Waals surface area contributed by atoms with Crippen LogP contribution in [0.25, 0.3) is 0 Å². The minimum Gasteiger partial charge on any atom is -0.519 e. The molecular formula is C35H66O2PSi+. The van der Waals surface area contributed by atoms with Gasteiger partial charge < -0.3 is 4.43 Å². The van der Waals surface area contributed by atoms with Crippen molar-refractivity contribution in [2.45, 2.75) is 191 Å². The maximum absolute atomic E-state index is 14.3. The Morgan fingerprint density at radius 2 is 1.18 bits per heavy atom. The highest BCUT2D eigenvalue weighted by atomic mass is 31.2. The Kier molecular flexibility index (Phi) is 15.2. The summed E-state index contributed by atoms with van der Waals surface area (Å²) in [5, 5.41) is 0. The minimum atomic E-state index is -1.96. The summed E-state index contributed by atoms with van der Waals surface area (Å²) in [5.41, 5.74) is 2.81. The van der Waals surface area contributed by atoms with Crippen molar-refractivity contribution in [3.05, 3.63) is 12.2 Å². The van der Waals surface area contributed by atoms with Crippen molar-refractivity contribution in [2.24, 2.45) is 5.92 Å². The van der Waals surface area contributed by atoms with Crippen molar-refractivity contribution in [3.8, 4) is 0 Å². The Morgan fingerprint density at radius 1 is 0.718 bits per heavy atom. The number of carbonyl (C=O) groups excluding carboxylic acids is 1. The fourth-order valence-electron chi connectivity index (χ4n) is 8.81. The normalized spacial score (nSPS) is 21.8. The van der Waals surface area contributed by atoms with Crippen LogP contribution < -0.4 is 0 Å². The number of hydrogen-bond donors (Lipinski definition) is 0. The first kappa shape index (κ1) is 33.4. The lowest BCUT2D eigenvalue weighted by Gasteiger charge is -2.50. The van der Waals surface area contributed by atoms with Crippen molar-refractivity contribution in [1.82, 2.24) is 0 Å². The van der Waals surface area contributed by atoms with Crippen molar-refractivity contribution < 1.29 is 9.22 Å². The smallest absolute Gasteiger partial charge is 0.299 e. The topological polar surface area (TPSA) is 26.3 Å². The molecule has 0 aromatic carbocycles. The fraction of sp³-hybridized carbons (Fsp3) is 0.914. The van der Waals surface area contributed by atoms with E-state index in [1.54, 1.807) is 0 Å². The monoisotopic (exact) mass is 577 g/mol. The zero-order valence-corrected chi connectivity index (χ0v) is 28.6.